The molecule has 0 saturated heterocycles. The van der Waals surface area contributed by atoms with Gasteiger partial charge in [0, 0.05) is 24.0 Å². The van der Waals surface area contributed by atoms with Gasteiger partial charge in [-0.2, -0.15) is 0 Å². The van der Waals surface area contributed by atoms with E-state index in [9.17, 15) is 9.90 Å². The normalized spacial score (nSPS) is 28.0. The van der Waals surface area contributed by atoms with E-state index in [4.69, 9.17) is 10.5 Å². The van der Waals surface area contributed by atoms with Gasteiger partial charge in [0.2, 0.25) is 0 Å². The van der Waals surface area contributed by atoms with Crippen LogP contribution in [0.1, 0.15) is 48.0 Å². The average molecular weight is 485 g/mol. The second-order valence-electron chi connectivity index (χ2n) is 10.8. The van der Waals surface area contributed by atoms with Gasteiger partial charge >= 0.3 is 0 Å². The Morgan fingerprint density at radius 2 is 1.78 bits per heavy atom. The lowest BCUT2D eigenvalue weighted by molar-refractivity contribution is -0.129. The highest BCUT2D eigenvalue weighted by atomic mass is 16.5. The van der Waals surface area contributed by atoms with E-state index in [0.717, 1.165) is 49.1 Å². The minimum absolute atomic E-state index is 0.233. The van der Waals surface area contributed by atoms with Crippen LogP contribution in [0.3, 0.4) is 0 Å². The zero-order valence-electron chi connectivity index (χ0n) is 20.2. The van der Waals surface area contributed by atoms with Gasteiger partial charge in [0.15, 0.2) is 0 Å². The second-order valence-corrected chi connectivity index (χ2v) is 10.8. The van der Waals surface area contributed by atoms with E-state index in [-0.39, 0.29) is 6.04 Å². The van der Waals surface area contributed by atoms with Crippen LogP contribution >= 0.6 is 0 Å². The van der Waals surface area contributed by atoms with Gasteiger partial charge in [-0.3, -0.25) is 4.79 Å². The molecule has 5 atom stereocenters. The number of nitrogens with two attached hydrogens (primary N) is 1. The highest BCUT2D eigenvalue weighted by Crippen LogP contribution is 2.56. The molecular weight excluding hydrogens is 452 g/mol. The molecule has 7 heteroatoms. The van der Waals surface area contributed by atoms with E-state index in [1.165, 1.54) is 6.20 Å². The fourth-order valence-electron chi connectivity index (χ4n) is 6.76. The zero-order valence-corrected chi connectivity index (χ0v) is 20.2. The molecular formula is C29H32N4O3. The molecule has 0 radical (unpaired) electrons. The lowest BCUT2D eigenvalue weighted by Crippen LogP contribution is -2.59. The summed E-state index contributed by atoms with van der Waals surface area (Å²) in [6.45, 7) is 0.514. The predicted octanol–water partition coefficient (Wildman–Crippen LogP) is 4.85. The number of benzene rings is 2. The van der Waals surface area contributed by atoms with Crippen LogP contribution in [-0.4, -0.2) is 27.6 Å². The number of rotatable bonds is 8. The topological polar surface area (TPSA) is 110 Å². The van der Waals surface area contributed by atoms with Crippen molar-refractivity contribution in [3.63, 3.8) is 0 Å². The molecule has 3 aromatic rings. The molecule has 7 nitrogen and oxygen atoms in total. The summed E-state index contributed by atoms with van der Waals surface area (Å²) in [5, 5.41) is 17.9. The number of pyridine rings is 1. The van der Waals surface area contributed by atoms with Gasteiger partial charge in [-0.1, -0.05) is 30.3 Å². The summed E-state index contributed by atoms with van der Waals surface area (Å²) in [5.41, 5.74) is 8.26. The van der Waals surface area contributed by atoms with Crippen molar-refractivity contribution >= 4 is 23.1 Å². The number of nitrogens with one attached hydrogen (secondary N) is 2. The first-order valence-corrected chi connectivity index (χ1v) is 12.8. The van der Waals surface area contributed by atoms with Crippen molar-refractivity contribution in [1.82, 2.24) is 4.98 Å². The second kappa shape index (κ2) is 9.13. The largest absolute Gasteiger partial charge is 0.489 e. The summed E-state index contributed by atoms with van der Waals surface area (Å²) in [4.78, 5) is 16.6. The Hall–Kier alpha value is -3.58. The smallest absolute Gasteiger partial charge is 0.252 e. The first-order chi connectivity index (χ1) is 17.4. The minimum atomic E-state index is -0.501. The number of aromatic nitrogens is 1. The maximum absolute atomic E-state index is 12.2. The van der Waals surface area contributed by atoms with Crippen molar-refractivity contribution in [3.8, 4) is 5.75 Å². The van der Waals surface area contributed by atoms with Gasteiger partial charge in [-0.05, 0) is 79.7 Å². The van der Waals surface area contributed by atoms with Gasteiger partial charge in [-0.15, -0.1) is 0 Å². The van der Waals surface area contributed by atoms with E-state index < -0.39 is 11.5 Å². The molecule has 2 aromatic carbocycles. The lowest BCUT2D eigenvalue weighted by atomic mass is 9.52. The number of aliphatic hydroxyl groups is 1. The van der Waals surface area contributed by atoms with Crippen LogP contribution in [0, 0.1) is 17.8 Å². The number of nitrogens with zero attached hydrogens (tertiary/aromatic N) is 1. The van der Waals surface area contributed by atoms with Crippen molar-refractivity contribution < 1.29 is 14.6 Å². The molecule has 0 spiro atoms. The molecule has 4 bridgehead atoms. The number of hydrogen-bond donors (Lipinski definition) is 4. The third kappa shape index (κ3) is 4.63. The van der Waals surface area contributed by atoms with E-state index in [0.29, 0.717) is 41.4 Å². The summed E-state index contributed by atoms with van der Waals surface area (Å²) >= 11 is 0. The molecule has 7 rings (SSSR count). The molecule has 4 aliphatic rings. The molecule has 0 aliphatic heterocycles. The van der Waals surface area contributed by atoms with Crippen LogP contribution in [-0.2, 0) is 6.61 Å². The Morgan fingerprint density at radius 3 is 2.44 bits per heavy atom. The molecule has 4 aliphatic carbocycles. The highest BCUT2D eigenvalue weighted by Gasteiger charge is 2.54. The van der Waals surface area contributed by atoms with Crippen LogP contribution in [0.4, 0.5) is 17.2 Å². The zero-order chi connectivity index (χ0) is 24.7. The van der Waals surface area contributed by atoms with E-state index in [1.807, 2.05) is 60.7 Å². The highest BCUT2D eigenvalue weighted by molar-refractivity contribution is 5.98. The van der Waals surface area contributed by atoms with E-state index in [2.05, 4.69) is 15.6 Å². The number of hydrogen-bond acceptors (Lipinski definition) is 6. The quantitative estimate of drug-likeness (QED) is 0.364. The van der Waals surface area contributed by atoms with Crippen molar-refractivity contribution in [2.24, 2.45) is 23.5 Å². The maximum Gasteiger partial charge on any atom is 0.252 e. The Bertz CT molecular complexity index is 1230. The third-order valence-corrected chi connectivity index (χ3v) is 8.11. The predicted molar refractivity (Wildman–Crippen MR) is 139 cm³/mol. The summed E-state index contributed by atoms with van der Waals surface area (Å²) in [5.74, 6) is 2.36. The van der Waals surface area contributed by atoms with Crippen LogP contribution in [0.15, 0.2) is 66.9 Å². The molecule has 4 saturated carbocycles. The number of carbonyl (C=O) groups is 1. The van der Waals surface area contributed by atoms with Gasteiger partial charge in [0.05, 0.1) is 16.9 Å². The van der Waals surface area contributed by atoms with E-state index >= 15 is 0 Å². The molecule has 1 heterocycles. The Labute approximate surface area is 211 Å². The monoisotopic (exact) mass is 484 g/mol. The molecule has 36 heavy (non-hydrogen) atoms. The van der Waals surface area contributed by atoms with Crippen molar-refractivity contribution in [2.75, 3.05) is 10.6 Å². The van der Waals surface area contributed by atoms with Gasteiger partial charge in [0.25, 0.3) is 5.91 Å². The van der Waals surface area contributed by atoms with Crippen molar-refractivity contribution in [1.29, 1.82) is 0 Å². The number of ether oxygens (including phenoxy) is 1. The summed E-state index contributed by atoms with van der Waals surface area (Å²) in [6, 6.07) is 19.9. The SMILES string of the molecule is NC(=O)c1cnc(Nc2ccc(OCc3ccccc3)cc2)cc1NC1[C@@H]2CC3C[C@H]1CC(O)(C3)C2. The Kier molecular flexibility index (Phi) is 5.80. The molecule has 1 aromatic heterocycles. The van der Waals surface area contributed by atoms with Gasteiger partial charge in [0.1, 0.15) is 18.2 Å². The number of amides is 1. The van der Waals surface area contributed by atoms with Crippen molar-refractivity contribution in [3.05, 3.63) is 78.0 Å². The summed E-state index contributed by atoms with van der Waals surface area (Å²) in [7, 11) is 0. The summed E-state index contributed by atoms with van der Waals surface area (Å²) in [6.07, 6.45) is 6.41. The first kappa shape index (κ1) is 22.9. The van der Waals surface area contributed by atoms with Gasteiger partial charge < -0.3 is 26.2 Å². The number of carbonyl (C=O) groups excluding carboxylic acids is 1. The first-order valence-electron chi connectivity index (χ1n) is 12.8. The Morgan fingerprint density at radius 1 is 1.06 bits per heavy atom. The standard InChI is InChI=1S/C29H32N4O3/c30-28(34)24-16-31-26(32-22-6-8-23(9-7-22)36-17-18-4-2-1-3-5-18)12-25(24)33-27-20-10-19-11-21(27)15-29(35,13-19)14-20/h1-9,12,16,19-21,27,35H,10-11,13-15,17H2,(H2,30,34)(H2,31,32,33)/t19?,20-,21+,27?,29?. The fraction of sp³-hybridized carbons (Fsp3) is 0.379. The molecule has 3 unspecified atom stereocenters. The Balaban J connectivity index is 1.15. The minimum Gasteiger partial charge on any atom is -0.489 e. The van der Waals surface area contributed by atoms with Gasteiger partial charge in [-0.25, -0.2) is 4.98 Å². The van der Waals surface area contributed by atoms with Crippen LogP contribution in [0.2, 0.25) is 0 Å². The average Bonchev–Trinajstić information content (AvgIpc) is 2.85. The molecule has 1 amide bonds. The molecule has 4 fully saturated rings. The fourth-order valence-corrected chi connectivity index (χ4v) is 6.76. The summed E-state index contributed by atoms with van der Waals surface area (Å²) < 4.78 is 5.87. The van der Waals surface area contributed by atoms with Crippen LogP contribution < -0.4 is 21.1 Å². The van der Waals surface area contributed by atoms with Crippen molar-refractivity contribution in [2.45, 2.75) is 50.4 Å². The maximum atomic E-state index is 12.2. The molecule has 186 valence electrons. The number of anilines is 3. The van der Waals surface area contributed by atoms with Crippen LogP contribution in [0.5, 0.6) is 5.75 Å². The van der Waals surface area contributed by atoms with E-state index in [1.54, 1.807) is 0 Å². The number of primary amides is 1. The third-order valence-electron chi connectivity index (χ3n) is 8.11. The molecule has 5 N–H and O–H groups in total. The van der Waals surface area contributed by atoms with Crippen LogP contribution in [0.25, 0.3) is 0 Å². The lowest BCUT2D eigenvalue weighted by Gasteiger charge is -2.58.